The molecule has 0 spiro atoms. The second kappa shape index (κ2) is 7.14. The highest BCUT2D eigenvalue weighted by Gasteiger charge is 2.17. The number of rotatable bonds is 6. The SMILES string of the molecule is NC(=O)c1cccc2c1nc(-c1cccs1)n2CCCc1ccccc1. The molecule has 0 aliphatic heterocycles. The number of hydrogen-bond acceptors (Lipinski definition) is 3. The molecule has 0 bridgehead atoms. The van der Waals surface area contributed by atoms with E-state index in [2.05, 4.69) is 34.9 Å². The molecule has 2 aromatic heterocycles. The average molecular weight is 361 g/mol. The number of para-hydroxylation sites is 1. The zero-order valence-electron chi connectivity index (χ0n) is 14.3. The van der Waals surface area contributed by atoms with Crippen LogP contribution in [0.2, 0.25) is 0 Å². The summed E-state index contributed by atoms with van der Waals surface area (Å²) >= 11 is 1.65. The Hall–Kier alpha value is -2.92. The van der Waals surface area contributed by atoms with Crippen LogP contribution in [0.15, 0.2) is 66.0 Å². The fourth-order valence-electron chi connectivity index (χ4n) is 3.25. The number of carbonyl (C=O) groups is 1. The van der Waals surface area contributed by atoms with Crippen LogP contribution in [-0.2, 0) is 13.0 Å². The summed E-state index contributed by atoms with van der Waals surface area (Å²) in [5, 5.41) is 2.04. The van der Waals surface area contributed by atoms with Crippen molar-refractivity contribution in [2.45, 2.75) is 19.4 Å². The normalized spacial score (nSPS) is 11.1. The van der Waals surface area contributed by atoms with E-state index in [-0.39, 0.29) is 0 Å². The first-order chi connectivity index (χ1) is 12.7. The number of aryl methyl sites for hydroxylation is 2. The first-order valence-corrected chi connectivity index (χ1v) is 9.49. The van der Waals surface area contributed by atoms with Gasteiger partial charge in [0.2, 0.25) is 0 Å². The van der Waals surface area contributed by atoms with E-state index in [0.29, 0.717) is 11.1 Å². The number of amides is 1. The molecule has 0 aliphatic carbocycles. The highest BCUT2D eigenvalue weighted by molar-refractivity contribution is 7.13. The predicted octanol–water partition coefficient (Wildman–Crippen LogP) is 4.50. The van der Waals surface area contributed by atoms with Crippen molar-refractivity contribution in [1.29, 1.82) is 0 Å². The number of nitrogens with zero attached hydrogens (tertiary/aromatic N) is 2. The average Bonchev–Trinajstić information content (AvgIpc) is 3.30. The molecule has 0 fully saturated rings. The van der Waals surface area contributed by atoms with Gasteiger partial charge >= 0.3 is 0 Å². The van der Waals surface area contributed by atoms with E-state index in [1.165, 1.54) is 5.56 Å². The maximum atomic E-state index is 11.8. The van der Waals surface area contributed by atoms with Gasteiger partial charge in [0.25, 0.3) is 5.91 Å². The molecule has 5 heteroatoms. The molecule has 4 nitrogen and oxygen atoms in total. The fourth-order valence-corrected chi connectivity index (χ4v) is 3.97. The third-order valence-electron chi connectivity index (χ3n) is 4.48. The quantitative estimate of drug-likeness (QED) is 0.550. The van der Waals surface area contributed by atoms with Gasteiger partial charge in [-0.2, -0.15) is 0 Å². The molecule has 0 atom stereocenters. The topological polar surface area (TPSA) is 60.9 Å². The van der Waals surface area contributed by atoms with Crippen LogP contribution in [-0.4, -0.2) is 15.5 Å². The summed E-state index contributed by atoms with van der Waals surface area (Å²) in [5.74, 6) is 0.457. The van der Waals surface area contributed by atoms with Crippen LogP contribution >= 0.6 is 11.3 Å². The number of carbonyl (C=O) groups excluding carboxylic acids is 1. The van der Waals surface area contributed by atoms with Crippen LogP contribution in [0.5, 0.6) is 0 Å². The second-order valence-corrected chi connectivity index (χ2v) is 7.14. The van der Waals surface area contributed by atoms with Crippen molar-refractivity contribution in [3.8, 4) is 10.7 Å². The molecule has 0 saturated heterocycles. The van der Waals surface area contributed by atoms with Crippen molar-refractivity contribution in [1.82, 2.24) is 9.55 Å². The molecule has 26 heavy (non-hydrogen) atoms. The van der Waals surface area contributed by atoms with E-state index in [1.54, 1.807) is 17.4 Å². The van der Waals surface area contributed by atoms with Crippen LogP contribution in [0, 0.1) is 0 Å². The van der Waals surface area contributed by atoms with E-state index >= 15 is 0 Å². The number of nitrogens with two attached hydrogens (primary N) is 1. The first kappa shape index (κ1) is 16.5. The van der Waals surface area contributed by atoms with Gasteiger partial charge in [-0.3, -0.25) is 4.79 Å². The second-order valence-electron chi connectivity index (χ2n) is 6.19. The van der Waals surface area contributed by atoms with Crippen molar-refractivity contribution in [3.05, 3.63) is 77.2 Å². The molecule has 130 valence electrons. The Balaban J connectivity index is 1.72. The number of aromatic nitrogens is 2. The molecule has 2 N–H and O–H groups in total. The molecular formula is C21H19N3OS. The number of benzene rings is 2. The van der Waals surface area contributed by atoms with E-state index in [0.717, 1.165) is 35.6 Å². The van der Waals surface area contributed by atoms with Crippen LogP contribution in [0.25, 0.3) is 21.7 Å². The summed E-state index contributed by atoms with van der Waals surface area (Å²) < 4.78 is 2.20. The largest absolute Gasteiger partial charge is 0.366 e. The third kappa shape index (κ3) is 3.13. The minimum absolute atomic E-state index is 0.442. The summed E-state index contributed by atoms with van der Waals surface area (Å²) in [5.41, 5.74) is 8.99. The molecule has 4 rings (SSSR count). The lowest BCUT2D eigenvalue weighted by molar-refractivity contribution is 0.100. The Morgan fingerprint density at radius 1 is 1.04 bits per heavy atom. The molecule has 2 heterocycles. The first-order valence-electron chi connectivity index (χ1n) is 8.61. The summed E-state index contributed by atoms with van der Waals surface area (Å²) in [4.78, 5) is 17.7. The van der Waals surface area contributed by atoms with E-state index in [4.69, 9.17) is 10.7 Å². The molecular weight excluding hydrogens is 342 g/mol. The lowest BCUT2D eigenvalue weighted by Gasteiger charge is -2.09. The number of primary amides is 1. The van der Waals surface area contributed by atoms with Gasteiger partial charge in [0.15, 0.2) is 5.82 Å². The third-order valence-corrected chi connectivity index (χ3v) is 5.34. The van der Waals surface area contributed by atoms with Gasteiger partial charge in [0.05, 0.1) is 16.0 Å². The van der Waals surface area contributed by atoms with Crippen LogP contribution in [0.4, 0.5) is 0 Å². The predicted molar refractivity (Wildman–Crippen MR) is 106 cm³/mol. The number of hydrogen-bond donors (Lipinski definition) is 1. The van der Waals surface area contributed by atoms with Crippen molar-refractivity contribution < 1.29 is 4.79 Å². The molecule has 0 radical (unpaired) electrons. The highest BCUT2D eigenvalue weighted by Crippen LogP contribution is 2.30. The van der Waals surface area contributed by atoms with Gasteiger partial charge in [0.1, 0.15) is 5.52 Å². The summed E-state index contributed by atoms with van der Waals surface area (Å²) in [7, 11) is 0. The molecule has 0 saturated carbocycles. The van der Waals surface area contributed by atoms with Crippen LogP contribution in [0.3, 0.4) is 0 Å². The van der Waals surface area contributed by atoms with Crippen molar-refractivity contribution >= 4 is 28.3 Å². The summed E-state index contributed by atoms with van der Waals surface area (Å²) in [6.07, 6.45) is 1.99. The van der Waals surface area contributed by atoms with Crippen molar-refractivity contribution in [2.24, 2.45) is 5.73 Å². The fraction of sp³-hybridized carbons (Fsp3) is 0.143. The van der Waals surface area contributed by atoms with E-state index < -0.39 is 5.91 Å². The number of imidazole rings is 1. The Bertz CT molecular complexity index is 1040. The number of thiophene rings is 1. The Kier molecular flexibility index (Phi) is 4.54. The molecule has 0 aliphatic rings. The standard InChI is InChI=1S/C21H19N3OS/c22-20(25)16-10-4-11-17-19(16)23-21(18-12-6-14-26-18)24(17)13-5-9-15-7-2-1-3-8-15/h1-4,6-8,10-12,14H,5,9,13H2,(H2,22,25). The summed E-state index contributed by atoms with van der Waals surface area (Å²) in [6.45, 7) is 0.834. The minimum atomic E-state index is -0.442. The van der Waals surface area contributed by atoms with E-state index in [9.17, 15) is 4.79 Å². The zero-order chi connectivity index (χ0) is 17.9. The van der Waals surface area contributed by atoms with Gasteiger partial charge in [-0.25, -0.2) is 4.98 Å². The molecule has 4 aromatic rings. The van der Waals surface area contributed by atoms with Crippen molar-refractivity contribution in [2.75, 3.05) is 0 Å². The van der Waals surface area contributed by atoms with Gasteiger partial charge in [-0.05, 0) is 42.0 Å². The monoisotopic (exact) mass is 361 g/mol. The molecule has 1 amide bonds. The minimum Gasteiger partial charge on any atom is -0.366 e. The maximum absolute atomic E-state index is 11.8. The Morgan fingerprint density at radius 2 is 1.88 bits per heavy atom. The van der Waals surface area contributed by atoms with Crippen LogP contribution in [0.1, 0.15) is 22.3 Å². The summed E-state index contributed by atoms with van der Waals surface area (Å²) in [6, 6.07) is 20.2. The molecule has 2 aromatic carbocycles. The Morgan fingerprint density at radius 3 is 2.62 bits per heavy atom. The van der Waals surface area contributed by atoms with Gasteiger partial charge in [0, 0.05) is 6.54 Å². The smallest absolute Gasteiger partial charge is 0.250 e. The van der Waals surface area contributed by atoms with Crippen LogP contribution < -0.4 is 5.73 Å². The Labute approximate surface area is 155 Å². The lowest BCUT2D eigenvalue weighted by atomic mass is 10.1. The van der Waals surface area contributed by atoms with E-state index in [1.807, 2.05) is 29.6 Å². The van der Waals surface area contributed by atoms with Gasteiger partial charge < -0.3 is 10.3 Å². The van der Waals surface area contributed by atoms with Gasteiger partial charge in [-0.15, -0.1) is 11.3 Å². The van der Waals surface area contributed by atoms with Gasteiger partial charge in [-0.1, -0.05) is 42.5 Å². The number of fused-ring (bicyclic) bond motifs is 1. The highest BCUT2D eigenvalue weighted by atomic mass is 32.1. The molecule has 0 unspecified atom stereocenters. The van der Waals surface area contributed by atoms with Crippen molar-refractivity contribution in [3.63, 3.8) is 0 Å². The maximum Gasteiger partial charge on any atom is 0.250 e. The lowest BCUT2D eigenvalue weighted by Crippen LogP contribution is -2.11. The zero-order valence-corrected chi connectivity index (χ0v) is 15.1.